The van der Waals surface area contributed by atoms with Gasteiger partial charge in [0.25, 0.3) is 0 Å². The maximum Gasteiger partial charge on any atom is 0.419 e. The van der Waals surface area contributed by atoms with E-state index >= 15 is 0 Å². The van der Waals surface area contributed by atoms with Crippen molar-refractivity contribution in [1.82, 2.24) is 10.3 Å². The minimum Gasteiger partial charge on any atom is -0.397 e. The normalized spacial score (nSPS) is 21.2. The Bertz CT molecular complexity index is 795. The molecule has 2 heterocycles. The molecule has 0 aliphatic carbocycles. The van der Waals surface area contributed by atoms with E-state index in [9.17, 15) is 13.2 Å². The van der Waals surface area contributed by atoms with E-state index in [1.807, 2.05) is 0 Å². The lowest BCUT2D eigenvalue weighted by Crippen LogP contribution is -2.55. The number of nitrogens with zero attached hydrogens (tertiary/aromatic N) is 1. The predicted molar refractivity (Wildman–Crippen MR) is 86.4 cm³/mol. The first-order valence-corrected chi connectivity index (χ1v) is 7.35. The number of hydrogen-bond donors (Lipinski definition) is 2. The number of hydrogen-bond acceptors (Lipinski definition) is 3. The monoisotopic (exact) mass is 331 g/mol. The van der Waals surface area contributed by atoms with Gasteiger partial charge in [-0.15, -0.1) is 0 Å². The fourth-order valence-electron chi connectivity index (χ4n) is 2.98. The Morgan fingerprint density at radius 2 is 1.67 bits per heavy atom. The second kappa shape index (κ2) is 5.70. The van der Waals surface area contributed by atoms with Crippen LogP contribution in [0.15, 0.2) is 72.2 Å². The lowest BCUT2D eigenvalue weighted by Gasteiger charge is -2.42. The van der Waals surface area contributed by atoms with Crippen LogP contribution in [0.3, 0.4) is 0 Å². The summed E-state index contributed by atoms with van der Waals surface area (Å²) in [4.78, 5) is 3.82. The first kappa shape index (κ1) is 16.1. The van der Waals surface area contributed by atoms with Crippen LogP contribution in [-0.2, 0) is 5.54 Å². The van der Waals surface area contributed by atoms with E-state index in [0.717, 1.165) is 0 Å². The number of halogens is 3. The SMILES string of the molecule is CC1=CC(N)=C(c2ccccc2)NC1(c1ccncc1)C(F)(F)F. The summed E-state index contributed by atoms with van der Waals surface area (Å²) in [6.07, 6.45) is -0.480. The zero-order chi connectivity index (χ0) is 17.4. The topological polar surface area (TPSA) is 50.9 Å². The molecule has 0 bridgehead atoms. The van der Waals surface area contributed by atoms with Crippen LogP contribution in [0.2, 0.25) is 0 Å². The molecule has 1 aromatic carbocycles. The number of aromatic nitrogens is 1. The Kier molecular flexibility index (Phi) is 3.83. The van der Waals surface area contributed by atoms with Crippen molar-refractivity contribution in [3.63, 3.8) is 0 Å². The van der Waals surface area contributed by atoms with Crippen molar-refractivity contribution < 1.29 is 13.2 Å². The number of nitrogens with two attached hydrogens (primary N) is 1. The Morgan fingerprint density at radius 3 is 2.25 bits per heavy atom. The molecule has 124 valence electrons. The molecule has 6 heteroatoms. The molecular weight excluding hydrogens is 315 g/mol. The summed E-state index contributed by atoms with van der Waals surface area (Å²) >= 11 is 0. The Labute approximate surface area is 137 Å². The number of pyridine rings is 1. The summed E-state index contributed by atoms with van der Waals surface area (Å²) in [5.74, 6) is 0. The Morgan fingerprint density at radius 1 is 1.04 bits per heavy atom. The van der Waals surface area contributed by atoms with E-state index in [0.29, 0.717) is 5.56 Å². The molecule has 0 fully saturated rings. The number of alkyl halides is 3. The minimum absolute atomic E-state index is 0.0691. The van der Waals surface area contributed by atoms with Gasteiger partial charge in [-0.3, -0.25) is 4.98 Å². The number of nitrogens with one attached hydrogen (secondary N) is 1. The molecule has 3 N–H and O–H groups in total. The molecule has 1 aromatic heterocycles. The zero-order valence-corrected chi connectivity index (χ0v) is 12.9. The summed E-state index contributed by atoms with van der Waals surface area (Å²) in [7, 11) is 0. The molecule has 1 aliphatic heterocycles. The van der Waals surface area contributed by atoms with Crippen LogP contribution in [0.1, 0.15) is 18.1 Å². The van der Waals surface area contributed by atoms with E-state index in [4.69, 9.17) is 5.73 Å². The van der Waals surface area contributed by atoms with Gasteiger partial charge in [0, 0.05) is 12.4 Å². The third-order valence-electron chi connectivity index (χ3n) is 4.17. The van der Waals surface area contributed by atoms with Gasteiger partial charge in [-0.25, -0.2) is 0 Å². The summed E-state index contributed by atoms with van der Waals surface area (Å²) in [6, 6.07) is 11.5. The number of benzene rings is 1. The van der Waals surface area contributed by atoms with Crippen molar-refractivity contribution in [3.8, 4) is 0 Å². The predicted octanol–water partition coefficient (Wildman–Crippen LogP) is 3.72. The minimum atomic E-state index is -4.56. The van der Waals surface area contributed by atoms with E-state index in [1.165, 1.54) is 37.5 Å². The van der Waals surface area contributed by atoms with Crippen LogP contribution < -0.4 is 11.1 Å². The molecular formula is C18H16F3N3. The number of dihydropyridines is 1. The third kappa shape index (κ3) is 2.44. The van der Waals surface area contributed by atoms with E-state index in [2.05, 4.69) is 10.3 Å². The molecule has 1 atom stereocenters. The van der Waals surface area contributed by atoms with Crippen LogP contribution in [0.4, 0.5) is 13.2 Å². The molecule has 1 unspecified atom stereocenters. The van der Waals surface area contributed by atoms with Crippen molar-refractivity contribution in [3.05, 3.63) is 83.3 Å². The van der Waals surface area contributed by atoms with Gasteiger partial charge in [-0.2, -0.15) is 13.2 Å². The summed E-state index contributed by atoms with van der Waals surface area (Å²) in [5, 5.41) is 2.67. The van der Waals surface area contributed by atoms with Crippen molar-refractivity contribution in [2.24, 2.45) is 5.73 Å². The van der Waals surface area contributed by atoms with Gasteiger partial charge in [0.05, 0.1) is 11.4 Å². The van der Waals surface area contributed by atoms with Gasteiger partial charge < -0.3 is 11.1 Å². The van der Waals surface area contributed by atoms with Gasteiger partial charge in [0.15, 0.2) is 5.54 Å². The van der Waals surface area contributed by atoms with E-state index in [-0.39, 0.29) is 22.5 Å². The van der Waals surface area contributed by atoms with Crippen molar-refractivity contribution in [1.29, 1.82) is 0 Å². The highest BCUT2D eigenvalue weighted by Crippen LogP contribution is 2.47. The Balaban J connectivity index is 2.21. The lowest BCUT2D eigenvalue weighted by molar-refractivity contribution is -0.185. The second-order valence-corrected chi connectivity index (χ2v) is 5.63. The third-order valence-corrected chi connectivity index (χ3v) is 4.17. The first-order chi connectivity index (χ1) is 11.4. The molecule has 3 rings (SSSR count). The van der Waals surface area contributed by atoms with Crippen molar-refractivity contribution in [2.45, 2.75) is 18.6 Å². The quantitative estimate of drug-likeness (QED) is 0.882. The van der Waals surface area contributed by atoms with Gasteiger partial charge in [-0.1, -0.05) is 30.3 Å². The average Bonchev–Trinajstić information content (AvgIpc) is 2.55. The van der Waals surface area contributed by atoms with E-state index < -0.39 is 11.7 Å². The summed E-state index contributed by atoms with van der Waals surface area (Å²) in [6.45, 7) is 1.43. The fourth-order valence-corrected chi connectivity index (χ4v) is 2.98. The maximum atomic E-state index is 14.2. The highest BCUT2D eigenvalue weighted by molar-refractivity contribution is 5.73. The van der Waals surface area contributed by atoms with Crippen LogP contribution in [-0.4, -0.2) is 11.2 Å². The number of rotatable bonds is 2. The van der Waals surface area contributed by atoms with Gasteiger partial charge in [-0.05, 0) is 41.8 Å². The standard InChI is InChI=1S/C18H16F3N3/c1-12-11-15(22)16(13-5-3-2-4-6-13)24-17(12,18(19,20)21)14-7-9-23-10-8-14/h2-11,24H,22H2,1H3. The maximum absolute atomic E-state index is 14.2. The Hall–Kier alpha value is -2.76. The lowest BCUT2D eigenvalue weighted by atomic mass is 9.79. The molecule has 0 amide bonds. The van der Waals surface area contributed by atoms with Gasteiger partial charge >= 0.3 is 6.18 Å². The molecule has 1 aliphatic rings. The molecule has 0 saturated heterocycles. The highest BCUT2D eigenvalue weighted by Gasteiger charge is 2.58. The number of allylic oxidation sites excluding steroid dienone is 1. The molecule has 0 radical (unpaired) electrons. The van der Waals surface area contributed by atoms with Crippen LogP contribution >= 0.6 is 0 Å². The van der Waals surface area contributed by atoms with Gasteiger partial charge in [0.2, 0.25) is 0 Å². The zero-order valence-electron chi connectivity index (χ0n) is 12.9. The first-order valence-electron chi connectivity index (χ1n) is 7.35. The molecule has 24 heavy (non-hydrogen) atoms. The fraction of sp³-hybridized carbons (Fsp3) is 0.167. The smallest absolute Gasteiger partial charge is 0.397 e. The molecule has 3 nitrogen and oxygen atoms in total. The van der Waals surface area contributed by atoms with Crippen LogP contribution in [0, 0.1) is 0 Å². The molecule has 0 saturated carbocycles. The van der Waals surface area contributed by atoms with E-state index in [1.54, 1.807) is 30.3 Å². The van der Waals surface area contributed by atoms with Crippen molar-refractivity contribution in [2.75, 3.05) is 0 Å². The van der Waals surface area contributed by atoms with Crippen molar-refractivity contribution >= 4 is 5.70 Å². The highest BCUT2D eigenvalue weighted by atomic mass is 19.4. The van der Waals surface area contributed by atoms with Crippen LogP contribution in [0.25, 0.3) is 5.70 Å². The van der Waals surface area contributed by atoms with Crippen LogP contribution in [0.5, 0.6) is 0 Å². The summed E-state index contributed by atoms with van der Waals surface area (Å²) in [5.41, 5.74) is 4.94. The average molecular weight is 331 g/mol. The second-order valence-electron chi connectivity index (χ2n) is 5.63. The molecule has 0 spiro atoms. The summed E-state index contributed by atoms with van der Waals surface area (Å²) < 4.78 is 42.5. The van der Waals surface area contributed by atoms with Gasteiger partial charge in [0.1, 0.15) is 0 Å². The molecule has 2 aromatic rings. The largest absolute Gasteiger partial charge is 0.419 e.